The van der Waals surface area contributed by atoms with E-state index in [-0.39, 0.29) is 12.3 Å². The molecule has 0 aromatic heterocycles. The number of amides is 1. The molecule has 0 aliphatic rings. The number of carbonyl (C=O) groups is 2. The molecule has 0 saturated heterocycles. The minimum Gasteiger partial charge on any atom is -0.496 e. The first-order valence-electron chi connectivity index (χ1n) is 6.78. The van der Waals surface area contributed by atoms with Crippen molar-refractivity contribution in [1.82, 2.24) is 0 Å². The molecule has 1 amide bonds. The zero-order valence-corrected chi connectivity index (χ0v) is 12.5. The predicted octanol–water partition coefficient (Wildman–Crippen LogP) is 2.80. The fourth-order valence-corrected chi connectivity index (χ4v) is 2.01. The first-order chi connectivity index (χ1) is 10.6. The van der Waals surface area contributed by atoms with Gasteiger partial charge in [0.1, 0.15) is 11.5 Å². The number of methoxy groups -OCH3 is 1. The van der Waals surface area contributed by atoms with E-state index < -0.39 is 5.97 Å². The number of rotatable bonds is 5. The van der Waals surface area contributed by atoms with Gasteiger partial charge in [-0.25, -0.2) is 0 Å². The van der Waals surface area contributed by atoms with Gasteiger partial charge in [-0.3, -0.25) is 9.59 Å². The number of esters is 1. The molecule has 5 heteroatoms. The van der Waals surface area contributed by atoms with Crippen LogP contribution in [0, 0.1) is 0 Å². The first-order valence-corrected chi connectivity index (χ1v) is 6.78. The van der Waals surface area contributed by atoms with Crippen molar-refractivity contribution in [3.63, 3.8) is 0 Å². The second-order valence-electron chi connectivity index (χ2n) is 4.67. The molecule has 2 aromatic rings. The quantitative estimate of drug-likeness (QED) is 0.681. The summed E-state index contributed by atoms with van der Waals surface area (Å²) in [5, 5.41) is 2.64. The van der Waals surface area contributed by atoms with Gasteiger partial charge in [0.2, 0.25) is 5.91 Å². The van der Waals surface area contributed by atoms with Crippen LogP contribution < -0.4 is 14.8 Å². The molecule has 1 N–H and O–H groups in total. The van der Waals surface area contributed by atoms with E-state index in [1.807, 2.05) is 18.2 Å². The van der Waals surface area contributed by atoms with Crippen LogP contribution in [0.4, 0.5) is 5.69 Å². The summed E-state index contributed by atoms with van der Waals surface area (Å²) in [6, 6.07) is 14.0. The third kappa shape index (κ3) is 4.34. The van der Waals surface area contributed by atoms with Gasteiger partial charge in [-0.1, -0.05) is 24.3 Å². The molecule has 0 unspecified atom stereocenters. The molecule has 22 heavy (non-hydrogen) atoms. The maximum absolute atomic E-state index is 12.0. The van der Waals surface area contributed by atoms with Gasteiger partial charge in [-0.15, -0.1) is 0 Å². The third-order valence-corrected chi connectivity index (χ3v) is 2.91. The smallest absolute Gasteiger partial charge is 0.315 e. The molecular formula is C17H17NO4. The minimum absolute atomic E-state index is 0.106. The molecule has 0 fully saturated rings. The van der Waals surface area contributed by atoms with Crippen molar-refractivity contribution < 1.29 is 19.1 Å². The Kier molecular flexibility index (Phi) is 5.14. The van der Waals surface area contributed by atoms with Gasteiger partial charge in [0.25, 0.3) is 0 Å². The fourth-order valence-electron chi connectivity index (χ4n) is 2.01. The fraction of sp³-hybridized carbons (Fsp3) is 0.176. The average Bonchev–Trinajstić information content (AvgIpc) is 2.47. The van der Waals surface area contributed by atoms with Crippen LogP contribution in [0.3, 0.4) is 0 Å². The van der Waals surface area contributed by atoms with Crippen LogP contribution in [0.5, 0.6) is 11.5 Å². The van der Waals surface area contributed by atoms with Crippen LogP contribution in [0.2, 0.25) is 0 Å². The molecule has 0 atom stereocenters. The predicted molar refractivity (Wildman–Crippen MR) is 83.1 cm³/mol. The van der Waals surface area contributed by atoms with Gasteiger partial charge in [0, 0.05) is 24.2 Å². The molecule has 5 nitrogen and oxygen atoms in total. The number of benzene rings is 2. The van der Waals surface area contributed by atoms with E-state index in [0.29, 0.717) is 17.2 Å². The lowest BCUT2D eigenvalue weighted by atomic mass is 10.1. The SMILES string of the molecule is COc1ccccc1CC(=O)Oc1cccc(NC(C)=O)c1. The van der Waals surface area contributed by atoms with E-state index in [1.165, 1.54) is 6.92 Å². The number of hydrogen-bond acceptors (Lipinski definition) is 4. The van der Waals surface area contributed by atoms with Crippen LogP contribution in [0.1, 0.15) is 12.5 Å². The van der Waals surface area contributed by atoms with E-state index in [4.69, 9.17) is 9.47 Å². The molecule has 2 aromatic carbocycles. The Morgan fingerprint density at radius 1 is 1.09 bits per heavy atom. The van der Waals surface area contributed by atoms with Crippen LogP contribution in [0.15, 0.2) is 48.5 Å². The van der Waals surface area contributed by atoms with Crippen molar-refractivity contribution in [2.24, 2.45) is 0 Å². The van der Waals surface area contributed by atoms with E-state index in [2.05, 4.69) is 5.32 Å². The molecule has 2 rings (SSSR count). The lowest BCUT2D eigenvalue weighted by Crippen LogP contribution is -2.12. The van der Waals surface area contributed by atoms with Crippen LogP contribution >= 0.6 is 0 Å². The van der Waals surface area contributed by atoms with Gasteiger partial charge in [-0.05, 0) is 18.2 Å². The lowest BCUT2D eigenvalue weighted by molar-refractivity contribution is -0.133. The number of para-hydroxylation sites is 1. The van der Waals surface area contributed by atoms with Crippen LogP contribution in [0.25, 0.3) is 0 Å². The van der Waals surface area contributed by atoms with E-state index in [0.717, 1.165) is 5.56 Å². The van der Waals surface area contributed by atoms with Gasteiger partial charge in [-0.2, -0.15) is 0 Å². The maximum Gasteiger partial charge on any atom is 0.315 e. The number of hydrogen-bond donors (Lipinski definition) is 1. The Bertz CT molecular complexity index is 682. The molecule has 114 valence electrons. The maximum atomic E-state index is 12.0. The average molecular weight is 299 g/mol. The standard InChI is InChI=1S/C17H17NO4/c1-12(19)18-14-7-5-8-15(11-14)22-17(20)10-13-6-3-4-9-16(13)21-2/h3-9,11H,10H2,1-2H3,(H,18,19). The largest absolute Gasteiger partial charge is 0.496 e. The van der Waals surface area contributed by atoms with Gasteiger partial charge in [0.05, 0.1) is 13.5 Å². The Morgan fingerprint density at radius 3 is 2.59 bits per heavy atom. The summed E-state index contributed by atoms with van der Waals surface area (Å²) >= 11 is 0. The second kappa shape index (κ2) is 7.26. The Morgan fingerprint density at radius 2 is 1.86 bits per heavy atom. The minimum atomic E-state index is -0.399. The zero-order valence-electron chi connectivity index (χ0n) is 12.5. The highest BCUT2D eigenvalue weighted by molar-refractivity contribution is 5.89. The van der Waals surface area contributed by atoms with Crippen molar-refractivity contribution in [3.05, 3.63) is 54.1 Å². The Balaban J connectivity index is 2.04. The highest BCUT2D eigenvalue weighted by atomic mass is 16.5. The summed E-state index contributed by atoms with van der Waals surface area (Å²) in [5.41, 5.74) is 1.34. The second-order valence-corrected chi connectivity index (χ2v) is 4.67. The summed E-state index contributed by atoms with van der Waals surface area (Å²) in [5.74, 6) is 0.444. The van der Waals surface area contributed by atoms with Crippen molar-refractivity contribution in [2.75, 3.05) is 12.4 Å². The summed E-state index contributed by atoms with van der Waals surface area (Å²) in [7, 11) is 1.56. The van der Waals surface area contributed by atoms with Gasteiger partial charge in [0.15, 0.2) is 0 Å². The highest BCUT2D eigenvalue weighted by Crippen LogP contribution is 2.21. The van der Waals surface area contributed by atoms with E-state index in [9.17, 15) is 9.59 Å². The topological polar surface area (TPSA) is 64.6 Å². The number of anilines is 1. The molecule has 0 saturated carbocycles. The molecule has 0 bridgehead atoms. The molecule has 0 aliphatic carbocycles. The lowest BCUT2D eigenvalue weighted by Gasteiger charge is -2.09. The van der Waals surface area contributed by atoms with E-state index in [1.54, 1.807) is 37.4 Å². The molecule has 0 spiro atoms. The third-order valence-electron chi connectivity index (χ3n) is 2.91. The van der Waals surface area contributed by atoms with Crippen molar-refractivity contribution in [3.8, 4) is 11.5 Å². The zero-order chi connectivity index (χ0) is 15.9. The highest BCUT2D eigenvalue weighted by Gasteiger charge is 2.10. The Labute approximate surface area is 128 Å². The van der Waals surface area contributed by atoms with E-state index >= 15 is 0 Å². The van der Waals surface area contributed by atoms with Crippen LogP contribution in [-0.4, -0.2) is 19.0 Å². The summed E-state index contributed by atoms with van der Waals surface area (Å²) in [6.45, 7) is 1.42. The molecule has 0 radical (unpaired) electrons. The molecular weight excluding hydrogens is 282 g/mol. The van der Waals surface area contributed by atoms with Crippen molar-refractivity contribution >= 4 is 17.6 Å². The molecule has 0 aliphatic heterocycles. The van der Waals surface area contributed by atoms with Gasteiger partial charge < -0.3 is 14.8 Å². The normalized spacial score (nSPS) is 9.91. The van der Waals surface area contributed by atoms with Gasteiger partial charge >= 0.3 is 5.97 Å². The summed E-state index contributed by atoms with van der Waals surface area (Å²) in [6.07, 6.45) is 0.106. The Hall–Kier alpha value is -2.82. The summed E-state index contributed by atoms with van der Waals surface area (Å²) in [4.78, 5) is 23.0. The molecule has 0 heterocycles. The number of carbonyl (C=O) groups excluding carboxylic acids is 2. The summed E-state index contributed by atoms with van der Waals surface area (Å²) < 4.78 is 10.5. The monoisotopic (exact) mass is 299 g/mol. The number of nitrogens with one attached hydrogen (secondary N) is 1. The first kappa shape index (κ1) is 15.6. The van der Waals surface area contributed by atoms with Crippen LogP contribution in [-0.2, 0) is 16.0 Å². The van der Waals surface area contributed by atoms with Crippen molar-refractivity contribution in [2.45, 2.75) is 13.3 Å². The number of ether oxygens (including phenoxy) is 2. The van der Waals surface area contributed by atoms with Crippen molar-refractivity contribution in [1.29, 1.82) is 0 Å².